The average molecular weight is 263 g/mol. The smallest absolute Gasteiger partial charge is 0.335 e. The predicted octanol–water partition coefficient (Wildman–Crippen LogP) is 3.28. The molecule has 0 aliphatic heterocycles. The number of carboxylic acids is 1. The minimum Gasteiger partial charge on any atom is -0.478 e. The van der Waals surface area contributed by atoms with E-state index in [1.807, 2.05) is 0 Å². The molecule has 0 spiro atoms. The fourth-order valence-corrected chi connectivity index (χ4v) is 1.63. The lowest BCUT2D eigenvalue weighted by Gasteiger charge is -2.07. The van der Waals surface area contributed by atoms with E-state index >= 15 is 0 Å². The molecule has 0 aromatic heterocycles. The number of carbonyl (C=O) groups is 1. The lowest BCUT2D eigenvalue weighted by atomic mass is 10.1. The standard InChI is InChI=1S/C14H11F2NO2/c15-11-5-12(16)7-13(6-11)17-8-9-1-3-10(4-2-9)14(18)19/h1-7,17H,8H2,(H,18,19). The van der Waals surface area contributed by atoms with Crippen LogP contribution >= 0.6 is 0 Å². The topological polar surface area (TPSA) is 49.3 Å². The molecule has 0 aliphatic rings. The van der Waals surface area contributed by atoms with Crippen molar-refractivity contribution in [1.29, 1.82) is 0 Å². The number of anilines is 1. The molecule has 0 atom stereocenters. The highest BCUT2D eigenvalue weighted by atomic mass is 19.1. The highest BCUT2D eigenvalue weighted by Crippen LogP contribution is 2.14. The number of hydrogen-bond donors (Lipinski definition) is 2. The second-order valence-electron chi connectivity index (χ2n) is 4.01. The van der Waals surface area contributed by atoms with Crippen LogP contribution in [0, 0.1) is 11.6 Å². The number of hydrogen-bond acceptors (Lipinski definition) is 2. The van der Waals surface area contributed by atoms with Gasteiger partial charge in [0.05, 0.1) is 5.56 Å². The number of carboxylic acid groups (broad SMARTS) is 1. The summed E-state index contributed by atoms with van der Waals surface area (Å²) in [6.07, 6.45) is 0. The summed E-state index contributed by atoms with van der Waals surface area (Å²) >= 11 is 0. The first-order chi connectivity index (χ1) is 9.04. The first-order valence-corrected chi connectivity index (χ1v) is 5.57. The summed E-state index contributed by atoms with van der Waals surface area (Å²) in [5.74, 6) is -2.29. The van der Waals surface area contributed by atoms with Gasteiger partial charge in [-0.05, 0) is 29.8 Å². The third-order valence-corrected chi connectivity index (χ3v) is 2.56. The van der Waals surface area contributed by atoms with Crippen molar-refractivity contribution in [3.63, 3.8) is 0 Å². The van der Waals surface area contributed by atoms with Crippen molar-refractivity contribution in [2.75, 3.05) is 5.32 Å². The molecule has 0 aliphatic carbocycles. The summed E-state index contributed by atoms with van der Waals surface area (Å²) in [6, 6.07) is 9.42. The van der Waals surface area contributed by atoms with Gasteiger partial charge in [-0.25, -0.2) is 13.6 Å². The second kappa shape index (κ2) is 5.48. The molecule has 0 amide bonds. The monoisotopic (exact) mass is 263 g/mol. The summed E-state index contributed by atoms with van der Waals surface area (Å²) in [7, 11) is 0. The summed E-state index contributed by atoms with van der Waals surface area (Å²) in [5.41, 5.74) is 1.34. The lowest BCUT2D eigenvalue weighted by molar-refractivity contribution is 0.0697. The van der Waals surface area contributed by atoms with Gasteiger partial charge in [0.2, 0.25) is 0 Å². The molecule has 98 valence electrons. The molecule has 0 saturated carbocycles. The average Bonchev–Trinajstić information content (AvgIpc) is 2.36. The third kappa shape index (κ3) is 3.51. The Morgan fingerprint density at radius 1 is 1.05 bits per heavy atom. The number of halogens is 2. The molecule has 0 heterocycles. The summed E-state index contributed by atoms with van der Waals surface area (Å²) in [6.45, 7) is 0.350. The van der Waals surface area contributed by atoms with E-state index in [9.17, 15) is 13.6 Å². The number of benzene rings is 2. The van der Waals surface area contributed by atoms with Crippen molar-refractivity contribution < 1.29 is 18.7 Å². The normalized spacial score (nSPS) is 10.2. The Morgan fingerprint density at radius 3 is 2.16 bits per heavy atom. The van der Waals surface area contributed by atoms with E-state index in [0.717, 1.165) is 11.6 Å². The summed E-state index contributed by atoms with van der Waals surface area (Å²) in [5, 5.41) is 11.6. The number of aromatic carboxylic acids is 1. The van der Waals surface area contributed by atoms with Crippen LogP contribution in [0.3, 0.4) is 0 Å². The number of nitrogens with one attached hydrogen (secondary N) is 1. The molecule has 0 saturated heterocycles. The third-order valence-electron chi connectivity index (χ3n) is 2.56. The van der Waals surface area contributed by atoms with E-state index in [1.54, 1.807) is 12.1 Å². The van der Waals surface area contributed by atoms with E-state index in [-0.39, 0.29) is 5.56 Å². The van der Waals surface area contributed by atoms with Crippen LogP contribution in [0.25, 0.3) is 0 Å². The van der Waals surface area contributed by atoms with Crippen molar-refractivity contribution in [2.24, 2.45) is 0 Å². The van der Waals surface area contributed by atoms with Gasteiger partial charge in [-0.2, -0.15) is 0 Å². The Hall–Kier alpha value is -2.43. The number of rotatable bonds is 4. The molecule has 19 heavy (non-hydrogen) atoms. The molecule has 0 fully saturated rings. The van der Waals surface area contributed by atoms with Gasteiger partial charge in [0.25, 0.3) is 0 Å². The van der Waals surface area contributed by atoms with Gasteiger partial charge in [-0.15, -0.1) is 0 Å². The summed E-state index contributed by atoms with van der Waals surface area (Å²) in [4.78, 5) is 10.7. The molecule has 2 rings (SSSR count). The zero-order valence-electron chi connectivity index (χ0n) is 9.86. The summed E-state index contributed by atoms with van der Waals surface area (Å²) < 4.78 is 25.9. The molecule has 0 bridgehead atoms. The Labute approximate surface area is 108 Å². The maximum absolute atomic E-state index is 13.0. The van der Waals surface area contributed by atoms with Crippen molar-refractivity contribution in [2.45, 2.75) is 6.54 Å². The molecule has 0 radical (unpaired) electrons. The molecule has 2 aromatic carbocycles. The van der Waals surface area contributed by atoms with Crippen LogP contribution in [-0.4, -0.2) is 11.1 Å². The molecular formula is C14H11F2NO2. The predicted molar refractivity (Wildman–Crippen MR) is 67.1 cm³/mol. The van der Waals surface area contributed by atoms with Crippen LogP contribution < -0.4 is 5.32 Å². The Kier molecular flexibility index (Phi) is 3.75. The molecule has 3 nitrogen and oxygen atoms in total. The van der Waals surface area contributed by atoms with Crippen LogP contribution in [0.4, 0.5) is 14.5 Å². The lowest BCUT2D eigenvalue weighted by Crippen LogP contribution is -2.01. The fourth-order valence-electron chi connectivity index (χ4n) is 1.63. The van der Waals surface area contributed by atoms with Crippen molar-refractivity contribution in [3.05, 3.63) is 65.2 Å². The van der Waals surface area contributed by atoms with Crippen LogP contribution in [0.15, 0.2) is 42.5 Å². The maximum Gasteiger partial charge on any atom is 0.335 e. The second-order valence-corrected chi connectivity index (χ2v) is 4.01. The van der Waals surface area contributed by atoms with Crippen LogP contribution in [0.5, 0.6) is 0 Å². The van der Waals surface area contributed by atoms with Gasteiger partial charge < -0.3 is 10.4 Å². The fraction of sp³-hybridized carbons (Fsp3) is 0.0714. The van der Waals surface area contributed by atoms with Crippen molar-refractivity contribution >= 4 is 11.7 Å². The minimum atomic E-state index is -0.994. The Morgan fingerprint density at radius 2 is 1.63 bits per heavy atom. The highest BCUT2D eigenvalue weighted by Gasteiger charge is 2.03. The van der Waals surface area contributed by atoms with E-state index in [2.05, 4.69) is 5.32 Å². The first kappa shape index (κ1) is 13.0. The van der Waals surface area contributed by atoms with Gasteiger partial charge in [0, 0.05) is 18.3 Å². The molecular weight excluding hydrogens is 252 g/mol. The first-order valence-electron chi connectivity index (χ1n) is 5.57. The molecule has 5 heteroatoms. The van der Waals surface area contributed by atoms with E-state index in [1.165, 1.54) is 24.3 Å². The van der Waals surface area contributed by atoms with E-state index in [0.29, 0.717) is 12.2 Å². The maximum atomic E-state index is 13.0. The van der Waals surface area contributed by atoms with Gasteiger partial charge in [-0.1, -0.05) is 12.1 Å². The van der Waals surface area contributed by atoms with Gasteiger partial charge in [-0.3, -0.25) is 0 Å². The van der Waals surface area contributed by atoms with Crippen LogP contribution in [-0.2, 0) is 6.54 Å². The SMILES string of the molecule is O=C(O)c1ccc(CNc2cc(F)cc(F)c2)cc1. The van der Waals surface area contributed by atoms with Gasteiger partial charge >= 0.3 is 5.97 Å². The molecule has 0 unspecified atom stereocenters. The largest absolute Gasteiger partial charge is 0.478 e. The van der Waals surface area contributed by atoms with Gasteiger partial charge in [0.15, 0.2) is 0 Å². The zero-order valence-corrected chi connectivity index (χ0v) is 9.86. The minimum absolute atomic E-state index is 0.195. The molecule has 2 aromatic rings. The highest BCUT2D eigenvalue weighted by molar-refractivity contribution is 5.87. The van der Waals surface area contributed by atoms with E-state index in [4.69, 9.17) is 5.11 Å². The van der Waals surface area contributed by atoms with Crippen LogP contribution in [0.1, 0.15) is 15.9 Å². The van der Waals surface area contributed by atoms with Gasteiger partial charge in [0.1, 0.15) is 11.6 Å². The van der Waals surface area contributed by atoms with Crippen molar-refractivity contribution in [3.8, 4) is 0 Å². The quantitative estimate of drug-likeness (QED) is 0.890. The van der Waals surface area contributed by atoms with E-state index < -0.39 is 17.6 Å². The Balaban J connectivity index is 2.03. The van der Waals surface area contributed by atoms with Crippen LogP contribution in [0.2, 0.25) is 0 Å². The van der Waals surface area contributed by atoms with Crippen molar-refractivity contribution in [1.82, 2.24) is 0 Å². The Bertz CT molecular complexity index is 577. The zero-order chi connectivity index (χ0) is 13.8. The molecule has 2 N–H and O–H groups in total.